The molecule has 0 bridgehead atoms. The van der Waals surface area contributed by atoms with Gasteiger partial charge in [0.15, 0.2) is 0 Å². The van der Waals surface area contributed by atoms with Crippen LogP contribution in [0, 0.1) is 0 Å². The molecule has 2 atom stereocenters. The summed E-state index contributed by atoms with van der Waals surface area (Å²) in [7, 11) is 2.99. The van der Waals surface area contributed by atoms with E-state index in [0.29, 0.717) is 6.54 Å². The van der Waals surface area contributed by atoms with E-state index in [1.165, 1.54) is 7.11 Å². The van der Waals surface area contributed by atoms with Gasteiger partial charge in [0.2, 0.25) is 0 Å². The number of ether oxygens (including phenoxy) is 2. The number of hydrogen-bond acceptors (Lipinski definition) is 5. The Morgan fingerprint density at radius 2 is 2.00 bits per heavy atom. The highest BCUT2D eigenvalue weighted by Gasteiger charge is 2.42. The van der Waals surface area contributed by atoms with Crippen molar-refractivity contribution in [2.75, 3.05) is 25.7 Å². The lowest BCUT2D eigenvalue weighted by atomic mass is 9.96. The number of nitrogens with two attached hydrogens (primary N) is 1. The van der Waals surface area contributed by atoms with Gasteiger partial charge in [-0.05, 0) is 24.3 Å². The van der Waals surface area contributed by atoms with E-state index in [-0.39, 0.29) is 18.1 Å². The molecule has 1 heterocycles. The van der Waals surface area contributed by atoms with Crippen molar-refractivity contribution in [3.8, 4) is 5.75 Å². The number of hydrogen-bond donors (Lipinski definition) is 1. The zero-order valence-corrected chi connectivity index (χ0v) is 9.92. The molecular formula is C12H16N2O3. The summed E-state index contributed by atoms with van der Waals surface area (Å²) in [5, 5.41) is 0. The highest BCUT2D eigenvalue weighted by molar-refractivity contribution is 5.83. The zero-order valence-electron chi connectivity index (χ0n) is 9.92. The summed E-state index contributed by atoms with van der Waals surface area (Å²) in [5.41, 5.74) is 6.76. The third kappa shape index (κ3) is 2.06. The molecule has 92 valence electrons. The fourth-order valence-electron chi connectivity index (χ4n) is 2.00. The highest BCUT2D eigenvalue weighted by atomic mass is 16.5. The van der Waals surface area contributed by atoms with Crippen molar-refractivity contribution < 1.29 is 14.3 Å². The van der Waals surface area contributed by atoms with Crippen LogP contribution in [0.5, 0.6) is 5.75 Å². The van der Waals surface area contributed by atoms with Gasteiger partial charge in [-0.2, -0.15) is 0 Å². The number of anilines is 1. The molecule has 0 aromatic heterocycles. The van der Waals surface area contributed by atoms with Gasteiger partial charge < -0.3 is 20.1 Å². The minimum atomic E-state index is -0.381. The number of rotatable bonds is 3. The first-order valence-corrected chi connectivity index (χ1v) is 5.41. The van der Waals surface area contributed by atoms with E-state index in [9.17, 15) is 4.79 Å². The van der Waals surface area contributed by atoms with Gasteiger partial charge in [0.05, 0.1) is 20.3 Å². The standard InChI is InChI=1S/C12H16N2O3/c1-16-9-5-3-8(4-6-9)14-7-10(13)11(14)12(15)17-2/h3-6,10-11H,7,13H2,1-2H3. The molecule has 0 saturated carbocycles. The minimum Gasteiger partial charge on any atom is -0.497 e. The molecule has 1 aromatic rings. The van der Waals surface area contributed by atoms with E-state index in [0.717, 1.165) is 11.4 Å². The first-order valence-electron chi connectivity index (χ1n) is 5.41. The van der Waals surface area contributed by atoms with Gasteiger partial charge in [-0.25, -0.2) is 4.79 Å². The lowest BCUT2D eigenvalue weighted by molar-refractivity contribution is -0.144. The zero-order chi connectivity index (χ0) is 12.4. The minimum absolute atomic E-state index is 0.162. The molecule has 5 nitrogen and oxygen atoms in total. The topological polar surface area (TPSA) is 64.8 Å². The van der Waals surface area contributed by atoms with E-state index in [4.69, 9.17) is 15.2 Å². The van der Waals surface area contributed by atoms with Crippen LogP contribution in [0.2, 0.25) is 0 Å². The fraction of sp³-hybridized carbons (Fsp3) is 0.417. The van der Waals surface area contributed by atoms with E-state index in [1.54, 1.807) is 7.11 Å². The van der Waals surface area contributed by atoms with Crippen LogP contribution in [-0.2, 0) is 9.53 Å². The maximum atomic E-state index is 11.5. The van der Waals surface area contributed by atoms with Gasteiger partial charge >= 0.3 is 5.97 Å². The van der Waals surface area contributed by atoms with Crippen LogP contribution >= 0.6 is 0 Å². The summed E-state index contributed by atoms with van der Waals surface area (Å²) in [6.07, 6.45) is 0. The molecule has 1 aliphatic heterocycles. The van der Waals surface area contributed by atoms with Gasteiger partial charge in [-0.15, -0.1) is 0 Å². The molecule has 0 aliphatic carbocycles. The molecule has 2 unspecified atom stereocenters. The van der Waals surface area contributed by atoms with Gasteiger partial charge in [-0.1, -0.05) is 0 Å². The Morgan fingerprint density at radius 3 is 2.47 bits per heavy atom. The molecule has 0 spiro atoms. The van der Waals surface area contributed by atoms with Crippen LogP contribution in [0.1, 0.15) is 0 Å². The summed E-state index contributed by atoms with van der Waals surface area (Å²) in [6.45, 7) is 0.659. The molecule has 0 amide bonds. The molecule has 1 aromatic carbocycles. The summed E-state index contributed by atoms with van der Waals surface area (Å²) in [4.78, 5) is 13.5. The molecule has 0 radical (unpaired) electrons. The first kappa shape index (κ1) is 11.7. The number of methoxy groups -OCH3 is 2. The normalized spacial score (nSPS) is 22.9. The lowest BCUT2D eigenvalue weighted by Gasteiger charge is -2.45. The van der Waals surface area contributed by atoms with Crippen molar-refractivity contribution in [1.82, 2.24) is 0 Å². The van der Waals surface area contributed by atoms with E-state index < -0.39 is 0 Å². The van der Waals surface area contributed by atoms with Crippen LogP contribution in [0.25, 0.3) is 0 Å². The van der Waals surface area contributed by atoms with Gasteiger partial charge in [0, 0.05) is 12.2 Å². The van der Waals surface area contributed by atoms with Crippen molar-refractivity contribution in [2.24, 2.45) is 5.73 Å². The summed E-state index contributed by atoms with van der Waals surface area (Å²) < 4.78 is 9.82. The van der Waals surface area contributed by atoms with E-state index >= 15 is 0 Å². The predicted octanol–water partition coefficient (Wildman–Crippen LogP) is 0.384. The Morgan fingerprint density at radius 1 is 1.35 bits per heavy atom. The monoisotopic (exact) mass is 236 g/mol. The largest absolute Gasteiger partial charge is 0.497 e. The number of nitrogens with zero attached hydrogens (tertiary/aromatic N) is 1. The maximum absolute atomic E-state index is 11.5. The van der Waals surface area contributed by atoms with Crippen LogP contribution in [0.15, 0.2) is 24.3 Å². The number of carbonyl (C=O) groups is 1. The summed E-state index contributed by atoms with van der Waals surface area (Å²) >= 11 is 0. The Hall–Kier alpha value is -1.75. The summed E-state index contributed by atoms with van der Waals surface area (Å²) in [6, 6.07) is 6.97. The van der Waals surface area contributed by atoms with E-state index in [1.807, 2.05) is 29.2 Å². The molecule has 5 heteroatoms. The molecule has 1 fully saturated rings. The average molecular weight is 236 g/mol. The van der Waals surface area contributed by atoms with Crippen molar-refractivity contribution in [2.45, 2.75) is 12.1 Å². The van der Waals surface area contributed by atoms with E-state index in [2.05, 4.69) is 0 Å². The summed E-state index contributed by atoms with van der Waals surface area (Å²) in [5.74, 6) is 0.493. The van der Waals surface area contributed by atoms with Crippen LogP contribution in [0.3, 0.4) is 0 Å². The second-order valence-electron chi connectivity index (χ2n) is 3.98. The van der Waals surface area contributed by atoms with Crippen molar-refractivity contribution >= 4 is 11.7 Å². The third-order valence-electron chi connectivity index (χ3n) is 3.00. The highest BCUT2D eigenvalue weighted by Crippen LogP contribution is 2.28. The molecule has 2 rings (SSSR count). The Balaban J connectivity index is 2.14. The number of carbonyl (C=O) groups excluding carboxylic acids is 1. The van der Waals surface area contributed by atoms with Crippen molar-refractivity contribution in [1.29, 1.82) is 0 Å². The smallest absolute Gasteiger partial charge is 0.330 e. The third-order valence-corrected chi connectivity index (χ3v) is 3.00. The van der Waals surface area contributed by atoms with Gasteiger partial charge in [0.1, 0.15) is 11.8 Å². The molecule has 2 N–H and O–H groups in total. The van der Waals surface area contributed by atoms with Crippen molar-refractivity contribution in [3.63, 3.8) is 0 Å². The van der Waals surface area contributed by atoms with Crippen LogP contribution in [-0.4, -0.2) is 38.8 Å². The number of esters is 1. The fourth-order valence-corrected chi connectivity index (χ4v) is 2.00. The molecule has 1 aliphatic rings. The van der Waals surface area contributed by atoms with Crippen LogP contribution in [0.4, 0.5) is 5.69 Å². The van der Waals surface area contributed by atoms with Gasteiger partial charge in [-0.3, -0.25) is 0 Å². The van der Waals surface area contributed by atoms with Crippen LogP contribution < -0.4 is 15.4 Å². The second kappa shape index (κ2) is 4.63. The number of benzene rings is 1. The average Bonchev–Trinajstić information content (AvgIpc) is 2.35. The quantitative estimate of drug-likeness (QED) is 0.769. The first-order chi connectivity index (χ1) is 8.17. The molecule has 1 saturated heterocycles. The lowest BCUT2D eigenvalue weighted by Crippen LogP contribution is -2.68. The SMILES string of the molecule is COC(=O)C1C(N)CN1c1ccc(OC)cc1. The second-order valence-corrected chi connectivity index (χ2v) is 3.98. The Bertz CT molecular complexity index is 405. The molecular weight excluding hydrogens is 220 g/mol. The Kier molecular flexibility index (Phi) is 3.19. The Labute approximate surface area is 100 Å². The van der Waals surface area contributed by atoms with Gasteiger partial charge in [0.25, 0.3) is 0 Å². The van der Waals surface area contributed by atoms with Crippen molar-refractivity contribution in [3.05, 3.63) is 24.3 Å². The molecule has 17 heavy (non-hydrogen) atoms. The maximum Gasteiger partial charge on any atom is 0.330 e. The predicted molar refractivity (Wildman–Crippen MR) is 64.1 cm³/mol.